The molecular formula is C11H7Cl2N5O2. The van der Waals surface area contributed by atoms with E-state index in [1.165, 1.54) is 24.4 Å². The maximum Gasteiger partial charge on any atom is 0.271 e. The minimum absolute atomic E-state index is 0.00126. The van der Waals surface area contributed by atoms with Gasteiger partial charge in [-0.25, -0.2) is 9.97 Å². The number of nitrogens with two attached hydrogens (primary N) is 1. The average Bonchev–Trinajstić information content (AvgIpc) is 2.41. The third-order valence-electron chi connectivity index (χ3n) is 2.25. The number of non-ortho nitro benzene ring substituents is 1. The first kappa shape index (κ1) is 14.2. The molecule has 0 atom stereocenters. The summed E-state index contributed by atoms with van der Waals surface area (Å²) in [4.78, 5) is 21.9. The van der Waals surface area contributed by atoms with Gasteiger partial charge in [0.05, 0.1) is 16.8 Å². The van der Waals surface area contributed by atoms with Crippen molar-refractivity contribution in [1.29, 1.82) is 0 Å². The fourth-order valence-corrected chi connectivity index (χ4v) is 1.60. The highest BCUT2D eigenvalue weighted by Crippen LogP contribution is 2.21. The fourth-order valence-electron chi connectivity index (χ4n) is 1.34. The lowest BCUT2D eigenvalue weighted by molar-refractivity contribution is -0.384. The quantitative estimate of drug-likeness (QED) is 0.532. The van der Waals surface area contributed by atoms with Crippen LogP contribution >= 0.6 is 23.2 Å². The van der Waals surface area contributed by atoms with Crippen LogP contribution in [-0.4, -0.2) is 21.1 Å². The van der Waals surface area contributed by atoms with E-state index in [2.05, 4.69) is 15.0 Å². The smallest absolute Gasteiger partial charge is 0.271 e. The molecular weight excluding hydrogens is 305 g/mol. The Morgan fingerprint density at radius 3 is 2.70 bits per heavy atom. The Balaban J connectivity index is 2.32. The molecule has 1 heterocycles. The maximum absolute atomic E-state index is 10.6. The van der Waals surface area contributed by atoms with Gasteiger partial charge in [-0.3, -0.25) is 15.1 Å². The number of nitro benzene ring substituents is 1. The fraction of sp³-hybridized carbons (Fsp3) is 0. The van der Waals surface area contributed by atoms with Crippen molar-refractivity contribution in [2.24, 2.45) is 4.99 Å². The second-order valence-electron chi connectivity index (χ2n) is 3.61. The van der Waals surface area contributed by atoms with E-state index in [1.54, 1.807) is 6.07 Å². The predicted molar refractivity (Wildman–Crippen MR) is 76.8 cm³/mol. The first-order chi connectivity index (χ1) is 9.47. The number of nitrogen functional groups attached to an aromatic ring is 1. The van der Waals surface area contributed by atoms with Crippen LogP contribution in [0.15, 0.2) is 29.3 Å². The van der Waals surface area contributed by atoms with Crippen LogP contribution in [0.3, 0.4) is 0 Å². The normalized spacial score (nSPS) is 10.9. The Bertz CT molecular complexity index is 705. The van der Waals surface area contributed by atoms with E-state index in [0.29, 0.717) is 5.69 Å². The minimum atomic E-state index is -0.508. The molecule has 102 valence electrons. The molecule has 0 amide bonds. The molecule has 0 saturated carbocycles. The van der Waals surface area contributed by atoms with E-state index in [-0.39, 0.29) is 27.5 Å². The van der Waals surface area contributed by atoms with E-state index in [4.69, 9.17) is 28.9 Å². The Morgan fingerprint density at radius 2 is 2.00 bits per heavy atom. The summed E-state index contributed by atoms with van der Waals surface area (Å²) in [7, 11) is 0. The van der Waals surface area contributed by atoms with Crippen molar-refractivity contribution >= 4 is 46.6 Å². The number of aromatic nitrogens is 2. The summed E-state index contributed by atoms with van der Waals surface area (Å²) in [6.07, 6.45) is 1.31. The number of benzene rings is 1. The van der Waals surface area contributed by atoms with E-state index < -0.39 is 4.92 Å². The van der Waals surface area contributed by atoms with Gasteiger partial charge < -0.3 is 5.73 Å². The lowest BCUT2D eigenvalue weighted by atomic mass is 10.3. The van der Waals surface area contributed by atoms with Crippen LogP contribution in [0.1, 0.15) is 5.69 Å². The molecule has 0 bridgehead atoms. The van der Waals surface area contributed by atoms with Crippen LogP contribution in [0, 0.1) is 10.1 Å². The summed E-state index contributed by atoms with van der Waals surface area (Å²) in [6.45, 7) is 0. The highest BCUT2D eigenvalue weighted by Gasteiger charge is 2.07. The number of nitro groups is 1. The largest absolute Gasteiger partial charge is 0.382 e. The molecule has 0 aliphatic carbocycles. The summed E-state index contributed by atoms with van der Waals surface area (Å²) in [6, 6.07) is 5.81. The van der Waals surface area contributed by atoms with Crippen LogP contribution in [0.25, 0.3) is 0 Å². The molecule has 0 fully saturated rings. The lowest BCUT2D eigenvalue weighted by Crippen LogP contribution is -2.01. The second kappa shape index (κ2) is 5.81. The van der Waals surface area contributed by atoms with Gasteiger partial charge in [-0.05, 0) is 6.07 Å². The molecule has 0 spiro atoms. The molecule has 2 rings (SSSR count). The van der Waals surface area contributed by atoms with Crippen molar-refractivity contribution in [3.63, 3.8) is 0 Å². The van der Waals surface area contributed by atoms with Crippen molar-refractivity contribution in [3.05, 3.63) is 50.4 Å². The van der Waals surface area contributed by atoms with E-state index in [1.807, 2.05) is 0 Å². The molecule has 0 aliphatic heterocycles. The van der Waals surface area contributed by atoms with Gasteiger partial charge in [0, 0.05) is 12.1 Å². The average molecular weight is 312 g/mol. The van der Waals surface area contributed by atoms with Crippen LogP contribution in [0.2, 0.25) is 10.3 Å². The van der Waals surface area contributed by atoms with Gasteiger partial charge >= 0.3 is 0 Å². The molecule has 20 heavy (non-hydrogen) atoms. The first-order valence-electron chi connectivity index (χ1n) is 5.24. The summed E-state index contributed by atoms with van der Waals surface area (Å²) < 4.78 is 0. The van der Waals surface area contributed by atoms with Crippen LogP contribution in [0.5, 0.6) is 0 Å². The van der Waals surface area contributed by atoms with Gasteiger partial charge in [0.1, 0.15) is 5.69 Å². The molecule has 1 aromatic carbocycles. The Morgan fingerprint density at radius 1 is 1.30 bits per heavy atom. The molecule has 0 radical (unpaired) electrons. The topological polar surface area (TPSA) is 107 Å². The zero-order chi connectivity index (χ0) is 14.7. The Labute approximate surface area is 123 Å². The number of hydrogen-bond donors (Lipinski definition) is 1. The first-order valence-corrected chi connectivity index (χ1v) is 6.00. The third kappa shape index (κ3) is 3.19. The van der Waals surface area contributed by atoms with Gasteiger partial charge in [-0.1, -0.05) is 29.3 Å². The molecule has 2 aromatic rings. The molecule has 7 nitrogen and oxygen atoms in total. The number of nitrogens with zero attached hydrogens (tertiary/aromatic N) is 4. The van der Waals surface area contributed by atoms with Crippen LogP contribution in [-0.2, 0) is 0 Å². The summed E-state index contributed by atoms with van der Waals surface area (Å²) in [5, 5.41) is 10.6. The number of rotatable bonds is 3. The monoisotopic (exact) mass is 311 g/mol. The number of anilines is 1. The van der Waals surface area contributed by atoms with E-state index >= 15 is 0 Å². The summed E-state index contributed by atoms with van der Waals surface area (Å²) in [5.41, 5.74) is 6.16. The van der Waals surface area contributed by atoms with Crippen molar-refractivity contribution in [2.45, 2.75) is 0 Å². The molecule has 1 aromatic heterocycles. The Kier molecular flexibility index (Phi) is 4.11. The number of halogens is 2. The summed E-state index contributed by atoms with van der Waals surface area (Å²) in [5.74, 6) is 0.0635. The van der Waals surface area contributed by atoms with Gasteiger partial charge in [0.2, 0.25) is 0 Å². The van der Waals surface area contributed by atoms with Crippen LogP contribution < -0.4 is 5.73 Å². The maximum atomic E-state index is 10.6. The number of hydrogen-bond acceptors (Lipinski definition) is 6. The molecule has 0 unspecified atom stereocenters. The molecule has 0 aliphatic rings. The zero-order valence-corrected chi connectivity index (χ0v) is 11.3. The van der Waals surface area contributed by atoms with Gasteiger partial charge in [-0.15, -0.1) is 0 Å². The summed E-state index contributed by atoms with van der Waals surface area (Å²) >= 11 is 11.4. The van der Waals surface area contributed by atoms with Crippen molar-refractivity contribution in [1.82, 2.24) is 9.97 Å². The standard InChI is InChI=1S/C11H7Cl2N5O2/c12-9-10(13)17-11(14)8(16-9)5-15-6-2-1-3-7(4-6)18(19)20/h1-5H,(H2,14,17)/b15-5+. The van der Waals surface area contributed by atoms with Crippen molar-refractivity contribution in [3.8, 4) is 0 Å². The van der Waals surface area contributed by atoms with Crippen molar-refractivity contribution in [2.75, 3.05) is 5.73 Å². The molecule has 0 saturated heterocycles. The lowest BCUT2D eigenvalue weighted by Gasteiger charge is -2.00. The third-order valence-corrected chi connectivity index (χ3v) is 2.87. The van der Waals surface area contributed by atoms with Crippen molar-refractivity contribution < 1.29 is 4.92 Å². The molecule has 9 heteroatoms. The van der Waals surface area contributed by atoms with Gasteiger partial charge in [-0.2, -0.15) is 0 Å². The zero-order valence-electron chi connectivity index (χ0n) is 9.83. The highest BCUT2D eigenvalue weighted by atomic mass is 35.5. The second-order valence-corrected chi connectivity index (χ2v) is 4.33. The van der Waals surface area contributed by atoms with Gasteiger partial charge in [0.25, 0.3) is 5.69 Å². The van der Waals surface area contributed by atoms with E-state index in [0.717, 1.165) is 0 Å². The molecule has 2 N–H and O–H groups in total. The Hall–Kier alpha value is -2.25. The highest BCUT2D eigenvalue weighted by molar-refractivity contribution is 6.40. The number of aliphatic imine (C=N–C) groups is 1. The minimum Gasteiger partial charge on any atom is -0.382 e. The van der Waals surface area contributed by atoms with Gasteiger partial charge in [0.15, 0.2) is 16.1 Å². The SMILES string of the molecule is Nc1nc(Cl)c(Cl)nc1/C=N/c1cccc([N+](=O)[O-])c1. The predicted octanol–water partition coefficient (Wildman–Crippen LogP) is 3.02. The van der Waals surface area contributed by atoms with Crippen LogP contribution in [0.4, 0.5) is 17.2 Å². The van der Waals surface area contributed by atoms with E-state index in [9.17, 15) is 10.1 Å².